The van der Waals surface area contributed by atoms with Crippen LogP contribution in [0.2, 0.25) is 0 Å². The van der Waals surface area contributed by atoms with E-state index in [0.29, 0.717) is 5.92 Å². The molecule has 0 bridgehead atoms. The van der Waals surface area contributed by atoms with Crippen LogP contribution in [0.4, 0.5) is 0 Å². The van der Waals surface area contributed by atoms with Crippen molar-refractivity contribution in [1.29, 1.82) is 0 Å². The highest BCUT2D eigenvalue weighted by Crippen LogP contribution is 2.72. The van der Waals surface area contributed by atoms with Gasteiger partial charge in [-0.15, -0.1) is 0 Å². The number of hydrogen-bond acceptors (Lipinski definition) is 4. The summed E-state index contributed by atoms with van der Waals surface area (Å²) >= 11 is 0. The van der Waals surface area contributed by atoms with Crippen LogP contribution in [0.1, 0.15) is 46.4 Å². The fourth-order valence-corrected chi connectivity index (χ4v) is 3.51. The monoisotopic (exact) mass is 266 g/mol. The van der Waals surface area contributed by atoms with Gasteiger partial charge in [0, 0.05) is 6.54 Å². The number of aryl methyl sites for hydroxylation is 1. The molecule has 0 radical (unpaired) electrons. The van der Waals surface area contributed by atoms with E-state index in [1.165, 1.54) is 0 Å². The molecule has 0 spiro atoms. The lowest BCUT2D eigenvalue weighted by molar-refractivity contribution is 0.356. The van der Waals surface area contributed by atoms with Crippen LogP contribution in [-0.2, 0) is 6.54 Å². The highest BCUT2D eigenvalue weighted by atomic mass is 16.5. The fourth-order valence-electron chi connectivity index (χ4n) is 3.51. The summed E-state index contributed by atoms with van der Waals surface area (Å²) in [6, 6.07) is 0.0578. The minimum atomic E-state index is 0.0578. The first-order chi connectivity index (χ1) is 8.82. The molecule has 19 heavy (non-hydrogen) atoms. The van der Waals surface area contributed by atoms with Crippen LogP contribution < -0.4 is 16.0 Å². The third-order valence-electron chi connectivity index (χ3n) is 5.30. The maximum Gasteiger partial charge on any atom is 0.161 e. The van der Waals surface area contributed by atoms with Crippen LogP contribution in [0.25, 0.3) is 0 Å². The van der Waals surface area contributed by atoms with Gasteiger partial charge in [-0.05, 0) is 23.7 Å². The second-order valence-corrected chi connectivity index (χ2v) is 6.48. The SMILES string of the molecule is CCn1ncc(OC)c1C(NN)C1C(C)(C)C1(C)C. The molecule has 5 nitrogen and oxygen atoms in total. The summed E-state index contributed by atoms with van der Waals surface area (Å²) in [6.45, 7) is 12.1. The van der Waals surface area contributed by atoms with Crippen molar-refractivity contribution in [3.8, 4) is 5.75 Å². The Morgan fingerprint density at radius 3 is 2.37 bits per heavy atom. The normalized spacial score (nSPS) is 22.3. The summed E-state index contributed by atoms with van der Waals surface area (Å²) in [6.07, 6.45) is 1.77. The molecule has 2 rings (SSSR count). The van der Waals surface area contributed by atoms with Crippen LogP contribution in [0.5, 0.6) is 5.75 Å². The first kappa shape index (κ1) is 14.3. The van der Waals surface area contributed by atoms with E-state index in [2.05, 4.69) is 45.1 Å². The lowest BCUT2D eigenvalue weighted by atomic mass is 10.0. The van der Waals surface area contributed by atoms with Gasteiger partial charge in [-0.1, -0.05) is 27.7 Å². The van der Waals surface area contributed by atoms with Crippen molar-refractivity contribution in [3.05, 3.63) is 11.9 Å². The Hall–Kier alpha value is -1.07. The van der Waals surface area contributed by atoms with Gasteiger partial charge in [0.1, 0.15) is 0 Å². The van der Waals surface area contributed by atoms with Crippen LogP contribution in [-0.4, -0.2) is 16.9 Å². The van der Waals surface area contributed by atoms with Crippen LogP contribution in [0, 0.1) is 16.7 Å². The first-order valence-corrected chi connectivity index (χ1v) is 6.88. The van der Waals surface area contributed by atoms with Gasteiger partial charge < -0.3 is 4.74 Å². The predicted molar refractivity (Wildman–Crippen MR) is 75.6 cm³/mol. The van der Waals surface area contributed by atoms with Gasteiger partial charge in [-0.2, -0.15) is 5.10 Å². The molecule has 1 aromatic rings. The average Bonchev–Trinajstić information content (AvgIpc) is 2.71. The summed E-state index contributed by atoms with van der Waals surface area (Å²) in [5, 5.41) is 4.38. The Bertz CT molecular complexity index is 429. The van der Waals surface area contributed by atoms with E-state index in [1.54, 1.807) is 13.3 Å². The number of nitrogens with one attached hydrogen (secondary N) is 1. The van der Waals surface area contributed by atoms with E-state index in [-0.39, 0.29) is 16.9 Å². The number of aromatic nitrogens is 2. The average molecular weight is 266 g/mol. The summed E-state index contributed by atoms with van der Waals surface area (Å²) in [4.78, 5) is 0. The van der Waals surface area contributed by atoms with Gasteiger partial charge in [0.2, 0.25) is 0 Å². The van der Waals surface area contributed by atoms with Crippen LogP contribution >= 0.6 is 0 Å². The molecule has 108 valence electrons. The lowest BCUT2D eigenvalue weighted by Gasteiger charge is -2.20. The number of nitrogens with zero attached hydrogens (tertiary/aromatic N) is 2. The highest BCUT2D eigenvalue weighted by molar-refractivity contribution is 5.33. The van der Waals surface area contributed by atoms with Crippen molar-refractivity contribution in [2.45, 2.75) is 47.2 Å². The van der Waals surface area contributed by atoms with Crippen LogP contribution in [0.3, 0.4) is 0 Å². The second kappa shape index (κ2) is 4.49. The largest absolute Gasteiger partial charge is 0.493 e. The zero-order valence-corrected chi connectivity index (χ0v) is 12.8. The van der Waals surface area contributed by atoms with Crippen molar-refractivity contribution in [1.82, 2.24) is 15.2 Å². The Morgan fingerprint density at radius 2 is 2.00 bits per heavy atom. The van der Waals surface area contributed by atoms with E-state index in [0.717, 1.165) is 18.0 Å². The predicted octanol–water partition coefficient (Wildman–Crippen LogP) is 2.10. The minimum absolute atomic E-state index is 0.0578. The Labute approximate surface area is 115 Å². The number of hydrazine groups is 1. The van der Waals surface area contributed by atoms with Crippen LogP contribution in [0.15, 0.2) is 6.20 Å². The van der Waals surface area contributed by atoms with Crippen molar-refractivity contribution < 1.29 is 4.74 Å². The van der Waals surface area contributed by atoms with E-state index in [9.17, 15) is 0 Å². The zero-order chi connectivity index (χ0) is 14.4. The van der Waals surface area contributed by atoms with Gasteiger partial charge in [-0.3, -0.25) is 16.0 Å². The van der Waals surface area contributed by atoms with E-state index in [4.69, 9.17) is 10.6 Å². The molecule has 5 heteroatoms. The van der Waals surface area contributed by atoms with E-state index < -0.39 is 0 Å². The molecule has 1 aliphatic rings. The third-order valence-corrected chi connectivity index (χ3v) is 5.30. The number of nitrogens with two attached hydrogens (primary N) is 1. The summed E-state index contributed by atoms with van der Waals surface area (Å²) in [5.41, 5.74) is 4.53. The standard InChI is InChI=1S/C14H26N4O/c1-7-18-11(9(19-6)8-16-18)10(17-15)12-13(2,3)14(12,4)5/h8,10,12,17H,7,15H2,1-6H3. The van der Waals surface area contributed by atoms with Crippen molar-refractivity contribution in [3.63, 3.8) is 0 Å². The number of methoxy groups -OCH3 is 1. The number of ether oxygens (including phenoxy) is 1. The van der Waals surface area contributed by atoms with Gasteiger partial charge in [0.05, 0.1) is 25.0 Å². The first-order valence-electron chi connectivity index (χ1n) is 6.88. The van der Waals surface area contributed by atoms with Crippen molar-refractivity contribution in [2.24, 2.45) is 22.6 Å². The third kappa shape index (κ3) is 1.87. The molecule has 0 aliphatic heterocycles. The van der Waals surface area contributed by atoms with Gasteiger partial charge >= 0.3 is 0 Å². The van der Waals surface area contributed by atoms with Gasteiger partial charge in [0.25, 0.3) is 0 Å². The molecule has 1 unspecified atom stereocenters. The molecule has 0 saturated heterocycles. The molecular formula is C14H26N4O. The van der Waals surface area contributed by atoms with E-state index in [1.807, 2.05) is 4.68 Å². The minimum Gasteiger partial charge on any atom is -0.493 e. The fraction of sp³-hybridized carbons (Fsp3) is 0.786. The maximum atomic E-state index is 5.85. The molecular weight excluding hydrogens is 240 g/mol. The Kier molecular flexibility index (Phi) is 3.39. The second-order valence-electron chi connectivity index (χ2n) is 6.48. The quantitative estimate of drug-likeness (QED) is 0.633. The topological polar surface area (TPSA) is 65.1 Å². The summed E-state index contributed by atoms with van der Waals surface area (Å²) < 4.78 is 7.41. The number of rotatable bonds is 5. The highest BCUT2D eigenvalue weighted by Gasteiger charge is 2.67. The zero-order valence-electron chi connectivity index (χ0n) is 12.8. The molecule has 0 aromatic carbocycles. The van der Waals surface area contributed by atoms with Gasteiger partial charge in [0.15, 0.2) is 5.75 Å². The van der Waals surface area contributed by atoms with Crippen molar-refractivity contribution in [2.75, 3.05) is 7.11 Å². The van der Waals surface area contributed by atoms with E-state index >= 15 is 0 Å². The summed E-state index contributed by atoms with van der Waals surface area (Å²) in [5.74, 6) is 7.12. The molecule has 1 saturated carbocycles. The molecule has 1 aromatic heterocycles. The molecule has 0 amide bonds. The smallest absolute Gasteiger partial charge is 0.161 e. The summed E-state index contributed by atoms with van der Waals surface area (Å²) in [7, 11) is 1.68. The lowest BCUT2D eigenvalue weighted by Crippen LogP contribution is -2.33. The molecule has 1 aliphatic carbocycles. The maximum absolute atomic E-state index is 5.85. The molecule has 1 atom stereocenters. The van der Waals surface area contributed by atoms with Gasteiger partial charge in [-0.25, -0.2) is 0 Å². The molecule has 3 N–H and O–H groups in total. The molecule has 1 heterocycles. The van der Waals surface area contributed by atoms with Crippen molar-refractivity contribution >= 4 is 0 Å². The Morgan fingerprint density at radius 1 is 1.42 bits per heavy atom. The number of hydrogen-bond donors (Lipinski definition) is 2. The Balaban J connectivity index is 2.42. The molecule has 1 fully saturated rings.